The summed E-state index contributed by atoms with van der Waals surface area (Å²) in [5.41, 5.74) is 1.26. The molecule has 1 heterocycles. The van der Waals surface area contributed by atoms with Gasteiger partial charge in [-0.2, -0.15) is 0 Å². The number of carbonyl (C=O) groups is 1. The van der Waals surface area contributed by atoms with E-state index in [4.69, 9.17) is 16.1 Å². The minimum atomic E-state index is -1.13. The van der Waals surface area contributed by atoms with E-state index < -0.39 is 17.5 Å². The molecule has 1 aromatic carbocycles. The summed E-state index contributed by atoms with van der Waals surface area (Å²) in [7, 11) is 0. The number of nitrogens with one attached hydrogen (secondary N) is 1. The second kappa shape index (κ2) is 5.58. The standard InChI is InChI=1S/C13H11ClF2N2O2/c1-6-9(7(2)20-18-6)5-17-13(19)8-3-11(15)12(16)4-10(8)14/h3-4H,5H2,1-2H3,(H,17,19). The van der Waals surface area contributed by atoms with Crippen molar-refractivity contribution in [3.63, 3.8) is 0 Å². The van der Waals surface area contributed by atoms with Gasteiger partial charge in [0.15, 0.2) is 11.6 Å². The van der Waals surface area contributed by atoms with Crippen molar-refractivity contribution in [1.82, 2.24) is 10.5 Å². The van der Waals surface area contributed by atoms with Crippen molar-refractivity contribution in [2.24, 2.45) is 0 Å². The van der Waals surface area contributed by atoms with E-state index in [1.54, 1.807) is 13.8 Å². The fourth-order valence-corrected chi connectivity index (χ4v) is 1.95. The maximum Gasteiger partial charge on any atom is 0.253 e. The number of aromatic nitrogens is 1. The Morgan fingerprint density at radius 2 is 2.00 bits per heavy atom. The molecule has 4 nitrogen and oxygen atoms in total. The molecule has 20 heavy (non-hydrogen) atoms. The molecule has 0 atom stereocenters. The Balaban J connectivity index is 2.15. The summed E-state index contributed by atoms with van der Waals surface area (Å²) in [5.74, 6) is -2.25. The molecule has 106 valence electrons. The predicted octanol–water partition coefficient (Wildman–Crippen LogP) is 3.15. The average molecular weight is 301 g/mol. The Morgan fingerprint density at radius 3 is 2.60 bits per heavy atom. The van der Waals surface area contributed by atoms with Crippen molar-refractivity contribution in [2.75, 3.05) is 0 Å². The van der Waals surface area contributed by atoms with Crippen LogP contribution >= 0.6 is 11.6 Å². The van der Waals surface area contributed by atoms with Crippen LogP contribution in [0.25, 0.3) is 0 Å². The van der Waals surface area contributed by atoms with Gasteiger partial charge in [-0.15, -0.1) is 0 Å². The van der Waals surface area contributed by atoms with Crippen LogP contribution in [0.1, 0.15) is 27.4 Å². The van der Waals surface area contributed by atoms with E-state index >= 15 is 0 Å². The second-order valence-electron chi connectivity index (χ2n) is 4.23. The van der Waals surface area contributed by atoms with Gasteiger partial charge in [0.05, 0.1) is 16.3 Å². The summed E-state index contributed by atoms with van der Waals surface area (Å²) in [6.07, 6.45) is 0. The Kier molecular flexibility index (Phi) is 4.04. The van der Waals surface area contributed by atoms with Crippen LogP contribution in [0.5, 0.6) is 0 Å². The first-order chi connectivity index (χ1) is 9.40. The van der Waals surface area contributed by atoms with Gasteiger partial charge in [-0.3, -0.25) is 4.79 Å². The van der Waals surface area contributed by atoms with E-state index in [0.717, 1.165) is 17.7 Å². The van der Waals surface area contributed by atoms with Gasteiger partial charge in [-0.25, -0.2) is 8.78 Å². The zero-order valence-electron chi connectivity index (χ0n) is 10.8. The molecule has 0 radical (unpaired) electrons. The fourth-order valence-electron chi connectivity index (χ4n) is 1.71. The van der Waals surface area contributed by atoms with E-state index in [0.29, 0.717) is 11.5 Å². The summed E-state index contributed by atoms with van der Waals surface area (Å²) in [4.78, 5) is 11.9. The molecule has 0 aliphatic heterocycles. The molecule has 0 spiro atoms. The van der Waals surface area contributed by atoms with Crippen LogP contribution < -0.4 is 5.32 Å². The van der Waals surface area contributed by atoms with Gasteiger partial charge in [0.25, 0.3) is 5.91 Å². The van der Waals surface area contributed by atoms with E-state index in [1.165, 1.54) is 0 Å². The maximum atomic E-state index is 13.1. The van der Waals surface area contributed by atoms with Crippen LogP contribution in [0.15, 0.2) is 16.7 Å². The lowest BCUT2D eigenvalue weighted by Crippen LogP contribution is -2.24. The van der Waals surface area contributed by atoms with E-state index in [1.807, 2.05) is 0 Å². The monoisotopic (exact) mass is 300 g/mol. The molecule has 0 aliphatic carbocycles. The lowest BCUT2D eigenvalue weighted by Gasteiger charge is -2.07. The molecule has 0 saturated heterocycles. The van der Waals surface area contributed by atoms with Gasteiger partial charge in [-0.05, 0) is 26.0 Å². The molecule has 1 amide bonds. The fraction of sp³-hybridized carbons (Fsp3) is 0.231. The zero-order valence-corrected chi connectivity index (χ0v) is 11.5. The van der Waals surface area contributed by atoms with Gasteiger partial charge < -0.3 is 9.84 Å². The summed E-state index contributed by atoms with van der Waals surface area (Å²) in [6.45, 7) is 3.61. The van der Waals surface area contributed by atoms with Crippen molar-refractivity contribution in [1.29, 1.82) is 0 Å². The average Bonchev–Trinajstić information content (AvgIpc) is 2.71. The minimum Gasteiger partial charge on any atom is -0.361 e. The third kappa shape index (κ3) is 2.80. The highest BCUT2D eigenvalue weighted by molar-refractivity contribution is 6.33. The molecule has 1 N–H and O–H groups in total. The molecule has 0 fully saturated rings. The quantitative estimate of drug-likeness (QED) is 0.886. The summed E-state index contributed by atoms with van der Waals surface area (Å²) in [6, 6.07) is 1.53. The first-order valence-corrected chi connectivity index (χ1v) is 6.12. The Morgan fingerprint density at radius 1 is 1.35 bits per heavy atom. The smallest absolute Gasteiger partial charge is 0.253 e. The molecule has 7 heteroatoms. The van der Waals surface area contributed by atoms with Crippen molar-refractivity contribution in [3.05, 3.63) is 51.4 Å². The van der Waals surface area contributed by atoms with Crippen LogP contribution in [0.2, 0.25) is 5.02 Å². The van der Waals surface area contributed by atoms with Gasteiger partial charge in [0, 0.05) is 12.1 Å². The molecule has 0 unspecified atom stereocenters. The van der Waals surface area contributed by atoms with Crippen LogP contribution in [-0.2, 0) is 6.54 Å². The first-order valence-electron chi connectivity index (χ1n) is 5.74. The van der Waals surface area contributed by atoms with Crippen molar-refractivity contribution < 1.29 is 18.1 Å². The summed E-state index contributed by atoms with van der Waals surface area (Å²) in [5, 5.41) is 6.15. The summed E-state index contributed by atoms with van der Waals surface area (Å²) < 4.78 is 31.0. The van der Waals surface area contributed by atoms with Gasteiger partial charge in [0.1, 0.15) is 5.76 Å². The van der Waals surface area contributed by atoms with Gasteiger partial charge >= 0.3 is 0 Å². The third-order valence-corrected chi connectivity index (χ3v) is 3.17. The highest BCUT2D eigenvalue weighted by atomic mass is 35.5. The maximum absolute atomic E-state index is 13.1. The molecule has 2 aromatic rings. The molecule has 0 aliphatic rings. The highest BCUT2D eigenvalue weighted by Crippen LogP contribution is 2.20. The lowest BCUT2D eigenvalue weighted by molar-refractivity contribution is 0.0950. The molecular formula is C13H11ClF2N2O2. The number of carbonyl (C=O) groups excluding carboxylic acids is 1. The van der Waals surface area contributed by atoms with Crippen LogP contribution in [-0.4, -0.2) is 11.1 Å². The Labute approximate surface area is 118 Å². The van der Waals surface area contributed by atoms with E-state index in [-0.39, 0.29) is 17.1 Å². The largest absolute Gasteiger partial charge is 0.361 e. The number of rotatable bonds is 3. The Hall–Kier alpha value is -1.95. The van der Waals surface area contributed by atoms with Gasteiger partial charge in [0.2, 0.25) is 0 Å². The van der Waals surface area contributed by atoms with Gasteiger partial charge in [-0.1, -0.05) is 16.8 Å². The summed E-state index contributed by atoms with van der Waals surface area (Å²) >= 11 is 5.72. The predicted molar refractivity (Wildman–Crippen MR) is 68.5 cm³/mol. The minimum absolute atomic E-state index is 0.127. The first kappa shape index (κ1) is 14.5. The van der Waals surface area contributed by atoms with E-state index in [9.17, 15) is 13.6 Å². The number of benzene rings is 1. The molecule has 0 saturated carbocycles. The normalized spacial score (nSPS) is 10.7. The topological polar surface area (TPSA) is 55.1 Å². The number of hydrogen-bond acceptors (Lipinski definition) is 3. The SMILES string of the molecule is Cc1noc(C)c1CNC(=O)c1cc(F)c(F)cc1Cl. The highest BCUT2D eigenvalue weighted by Gasteiger charge is 2.16. The lowest BCUT2D eigenvalue weighted by atomic mass is 10.1. The number of halogens is 3. The van der Waals surface area contributed by atoms with Crippen LogP contribution in [0.4, 0.5) is 8.78 Å². The zero-order chi connectivity index (χ0) is 14.9. The molecule has 1 aromatic heterocycles. The third-order valence-electron chi connectivity index (χ3n) is 2.86. The molecule has 0 bridgehead atoms. The molecular weight excluding hydrogens is 290 g/mol. The van der Waals surface area contributed by atoms with Crippen molar-refractivity contribution in [3.8, 4) is 0 Å². The Bertz CT molecular complexity index is 651. The van der Waals surface area contributed by atoms with Crippen molar-refractivity contribution >= 4 is 17.5 Å². The van der Waals surface area contributed by atoms with Crippen molar-refractivity contribution in [2.45, 2.75) is 20.4 Å². The number of amides is 1. The van der Waals surface area contributed by atoms with Crippen LogP contribution in [0, 0.1) is 25.5 Å². The van der Waals surface area contributed by atoms with Crippen LogP contribution in [0.3, 0.4) is 0 Å². The number of aryl methyl sites for hydroxylation is 2. The number of hydrogen-bond donors (Lipinski definition) is 1. The van der Waals surface area contributed by atoms with E-state index in [2.05, 4.69) is 10.5 Å². The molecule has 2 rings (SSSR count). The number of nitrogens with zero attached hydrogens (tertiary/aromatic N) is 1. The second-order valence-corrected chi connectivity index (χ2v) is 4.64.